The quantitative estimate of drug-likeness (QED) is 0.597. The summed E-state index contributed by atoms with van der Waals surface area (Å²) >= 11 is 0. The molecule has 24 heavy (non-hydrogen) atoms. The van der Waals surface area contributed by atoms with Crippen molar-refractivity contribution >= 4 is 22.4 Å². The first-order valence-corrected chi connectivity index (χ1v) is 7.18. The first kappa shape index (κ1) is 14.3. The number of nitrogens with one attached hydrogen (secondary N) is 2. The Kier molecular flexibility index (Phi) is 3.38. The molecule has 0 atom stereocenters. The number of hydrogen-bond donors (Lipinski definition) is 2. The summed E-state index contributed by atoms with van der Waals surface area (Å²) in [6.45, 7) is 0. The molecule has 0 fully saturated rings. The number of benzene rings is 2. The smallest absolute Gasteiger partial charge is 0.184 e. The van der Waals surface area contributed by atoms with Gasteiger partial charge in [0.2, 0.25) is 0 Å². The van der Waals surface area contributed by atoms with Crippen molar-refractivity contribution in [3.05, 3.63) is 66.5 Å². The minimum Gasteiger partial charge on any atom is -0.338 e. The molecule has 0 spiro atoms. The minimum atomic E-state index is -0.623. The van der Waals surface area contributed by atoms with Crippen LogP contribution in [0.5, 0.6) is 0 Å². The van der Waals surface area contributed by atoms with Crippen LogP contribution in [0.3, 0.4) is 0 Å². The summed E-state index contributed by atoms with van der Waals surface area (Å²) in [5.74, 6) is -0.996. The standard InChI is InChI=1S/C17H11F2N5/c18-13-4-2-1-3-12(13)16-20-9-14(19)17(23-16)22-11-5-6-15-10(7-11)8-21-24-15/h1-9H,(H,21,24)(H,20,22,23). The fourth-order valence-electron chi connectivity index (χ4n) is 2.38. The number of nitrogens with zero attached hydrogens (tertiary/aromatic N) is 3. The normalized spacial score (nSPS) is 10.9. The summed E-state index contributed by atoms with van der Waals surface area (Å²) in [6, 6.07) is 11.5. The van der Waals surface area contributed by atoms with Gasteiger partial charge in [0.15, 0.2) is 17.5 Å². The van der Waals surface area contributed by atoms with Gasteiger partial charge in [-0.3, -0.25) is 5.10 Å². The highest BCUT2D eigenvalue weighted by atomic mass is 19.1. The zero-order chi connectivity index (χ0) is 16.5. The SMILES string of the molecule is Fc1ccccc1-c1ncc(F)c(Nc2ccc3[nH]ncc3c2)n1. The molecular formula is C17H11F2N5. The number of anilines is 2. The van der Waals surface area contributed by atoms with Crippen LogP contribution in [0.25, 0.3) is 22.3 Å². The number of rotatable bonds is 3. The van der Waals surface area contributed by atoms with Crippen LogP contribution in [0.15, 0.2) is 54.9 Å². The van der Waals surface area contributed by atoms with Gasteiger partial charge in [-0.05, 0) is 30.3 Å². The molecule has 4 rings (SSSR count). The average molecular weight is 323 g/mol. The maximum absolute atomic E-state index is 14.0. The molecule has 2 aromatic heterocycles. The van der Waals surface area contributed by atoms with Gasteiger partial charge in [-0.1, -0.05) is 12.1 Å². The van der Waals surface area contributed by atoms with E-state index in [2.05, 4.69) is 25.5 Å². The molecule has 118 valence electrons. The number of aromatic nitrogens is 4. The Balaban J connectivity index is 1.72. The number of aromatic amines is 1. The van der Waals surface area contributed by atoms with Gasteiger partial charge in [-0.15, -0.1) is 0 Å². The molecule has 0 saturated carbocycles. The molecule has 5 nitrogen and oxygen atoms in total. The molecule has 2 heterocycles. The van der Waals surface area contributed by atoms with Crippen molar-refractivity contribution in [3.63, 3.8) is 0 Å². The van der Waals surface area contributed by atoms with Gasteiger partial charge in [0.1, 0.15) is 5.82 Å². The van der Waals surface area contributed by atoms with Crippen molar-refractivity contribution in [2.24, 2.45) is 0 Å². The minimum absolute atomic E-state index is 0.0221. The molecule has 0 aliphatic rings. The molecule has 0 saturated heterocycles. The molecule has 4 aromatic rings. The Morgan fingerprint density at radius 2 is 1.83 bits per heavy atom. The molecule has 0 unspecified atom stereocenters. The van der Waals surface area contributed by atoms with E-state index >= 15 is 0 Å². The van der Waals surface area contributed by atoms with Gasteiger partial charge in [0.25, 0.3) is 0 Å². The van der Waals surface area contributed by atoms with Crippen molar-refractivity contribution in [3.8, 4) is 11.4 Å². The van der Waals surface area contributed by atoms with Gasteiger partial charge in [0, 0.05) is 11.1 Å². The van der Waals surface area contributed by atoms with Gasteiger partial charge in [-0.25, -0.2) is 18.7 Å². The molecule has 0 radical (unpaired) electrons. The lowest BCUT2D eigenvalue weighted by Crippen LogP contribution is -2.01. The Morgan fingerprint density at radius 1 is 0.958 bits per heavy atom. The summed E-state index contributed by atoms with van der Waals surface area (Å²) in [6.07, 6.45) is 2.69. The zero-order valence-corrected chi connectivity index (χ0v) is 12.3. The predicted octanol–water partition coefficient (Wildman–Crippen LogP) is 4.04. The van der Waals surface area contributed by atoms with Crippen LogP contribution < -0.4 is 5.32 Å². The van der Waals surface area contributed by atoms with E-state index in [0.717, 1.165) is 17.1 Å². The van der Waals surface area contributed by atoms with Gasteiger partial charge < -0.3 is 5.32 Å². The van der Waals surface area contributed by atoms with Crippen molar-refractivity contribution in [1.29, 1.82) is 0 Å². The molecule has 0 aliphatic heterocycles. The van der Waals surface area contributed by atoms with Crippen LogP contribution in [0.1, 0.15) is 0 Å². The number of halogens is 2. The first-order chi connectivity index (χ1) is 11.7. The monoisotopic (exact) mass is 323 g/mol. The second-order valence-electron chi connectivity index (χ2n) is 5.17. The Bertz CT molecular complexity index is 1030. The second kappa shape index (κ2) is 5.69. The van der Waals surface area contributed by atoms with Crippen molar-refractivity contribution < 1.29 is 8.78 Å². The highest BCUT2D eigenvalue weighted by molar-refractivity contribution is 5.82. The average Bonchev–Trinajstić information content (AvgIpc) is 3.05. The van der Waals surface area contributed by atoms with Crippen LogP contribution in [0, 0.1) is 11.6 Å². The highest BCUT2D eigenvalue weighted by Crippen LogP contribution is 2.24. The predicted molar refractivity (Wildman–Crippen MR) is 86.8 cm³/mol. The van der Waals surface area contributed by atoms with Crippen LogP contribution in [0.4, 0.5) is 20.3 Å². The maximum Gasteiger partial charge on any atom is 0.184 e. The number of fused-ring (bicyclic) bond motifs is 1. The summed E-state index contributed by atoms with van der Waals surface area (Å²) in [5, 5.41) is 10.5. The van der Waals surface area contributed by atoms with Gasteiger partial charge in [0.05, 0.1) is 23.5 Å². The lowest BCUT2D eigenvalue weighted by molar-refractivity contribution is 0.616. The fourth-order valence-corrected chi connectivity index (χ4v) is 2.38. The van der Waals surface area contributed by atoms with E-state index in [1.165, 1.54) is 6.07 Å². The topological polar surface area (TPSA) is 66.5 Å². The van der Waals surface area contributed by atoms with Crippen molar-refractivity contribution in [2.75, 3.05) is 5.32 Å². The second-order valence-corrected chi connectivity index (χ2v) is 5.17. The summed E-state index contributed by atoms with van der Waals surface area (Å²) < 4.78 is 27.9. The molecular weight excluding hydrogens is 312 g/mol. The largest absolute Gasteiger partial charge is 0.338 e. The molecule has 0 amide bonds. The highest BCUT2D eigenvalue weighted by Gasteiger charge is 2.12. The van der Waals surface area contributed by atoms with E-state index in [9.17, 15) is 8.78 Å². The van der Waals surface area contributed by atoms with E-state index in [0.29, 0.717) is 5.69 Å². The molecule has 7 heteroatoms. The van der Waals surface area contributed by atoms with Crippen LogP contribution in [-0.2, 0) is 0 Å². The third-order valence-corrected chi connectivity index (χ3v) is 3.56. The number of H-pyrrole nitrogens is 1. The Morgan fingerprint density at radius 3 is 2.71 bits per heavy atom. The van der Waals surface area contributed by atoms with E-state index in [-0.39, 0.29) is 17.2 Å². The van der Waals surface area contributed by atoms with E-state index in [1.807, 2.05) is 12.1 Å². The van der Waals surface area contributed by atoms with Crippen LogP contribution in [0.2, 0.25) is 0 Å². The zero-order valence-electron chi connectivity index (χ0n) is 12.3. The summed E-state index contributed by atoms with van der Waals surface area (Å²) in [4.78, 5) is 7.98. The van der Waals surface area contributed by atoms with Crippen LogP contribution in [-0.4, -0.2) is 20.2 Å². The van der Waals surface area contributed by atoms with Crippen molar-refractivity contribution in [1.82, 2.24) is 20.2 Å². The van der Waals surface area contributed by atoms with Crippen molar-refractivity contribution in [2.45, 2.75) is 0 Å². The molecule has 0 aliphatic carbocycles. The van der Waals surface area contributed by atoms with E-state index in [4.69, 9.17) is 0 Å². The van der Waals surface area contributed by atoms with Gasteiger partial charge in [-0.2, -0.15) is 5.10 Å². The third-order valence-electron chi connectivity index (χ3n) is 3.56. The lowest BCUT2D eigenvalue weighted by atomic mass is 10.2. The van der Waals surface area contributed by atoms with E-state index in [1.54, 1.807) is 30.5 Å². The Labute approximate surface area is 135 Å². The molecule has 2 aromatic carbocycles. The lowest BCUT2D eigenvalue weighted by Gasteiger charge is -2.09. The summed E-state index contributed by atoms with van der Waals surface area (Å²) in [7, 11) is 0. The van der Waals surface area contributed by atoms with E-state index < -0.39 is 11.6 Å². The van der Waals surface area contributed by atoms with Crippen LogP contribution >= 0.6 is 0 Å². The summed E-state index contributed by atoms with van der Waals surface area (Å²) in [5.41, 5.74) is 1.72. The molecule has 2 N–H and O–H groups in total. The Hall–Kier alpha value is -3.35. The maximum atomic E-state index is 14.0. The number of hydrogen-bond acceptors (Lipinski definition) is 4. The third kappa shape index (κ3) is 2.56. The fraction of sp³-hybridized carbons (Fsp3) is 0. The molecule has 0 bridgehead atoms. The first-order valence-electron chi connectivity index (χ1n) is 7.18. The van der Waals surface area contributed by atoms with Gasteiger partial charge >= 0.3 is 0 Å².